The van der Waals surface area contributed by atoms with Crippen molar-refractivity contribution in [1.29, 1.82) is 0 Å². The molecule has 1 aromatic rings. The lowest BCUT2D eigenvalue weighted by molar-refractivity contribution is -0.138. The van der Waals surface area contributed by atoms with E-state index in [0.717, 1.165) is 18.6 Å². The summed E-state index contributed by atoms with van der Waals surface area (Å²) in [6.45, 7) is 9.01. The van der Waals surface area contributed by atoms with Gasteiger partial charge < -0.3 is 26.8 Å². The van der Waals surface area contributed by atoms with Crippen LogP contribution in [-0.2, 0) is 27.0 Å². The van der Waals surface area contributed by atoms with Gasteiger partial charge in [0.2, 0.25) is 17.7 Å². The summed E-state index contributed by atoms with van der Waals surface area (Å²) in [4.78, 5) is 41.1. The molecule has 0 saturated heterocycles. The first-order valence-corrected chi connectivity index (χ1v) is 14.6. The topological polar surface area (TPSA) is 139 Å². The zero-order valence-corrected chi connectivity index (χ0v) is 25.3. The summed E-state index contributed by atoms with van der Waals surface area (Å²) in [6, 6.07) is 1.99. The highest BCUT2D eigenvalue weighted by molar-refractivity contribution is 6.03. The van der Waals surface area contributed by atoms with Gasteiger partial charge in [0.25, 0.3) is 0 Å². The molecule has 1 aliphatic rings. The number of carbonyl (C=O) groups is 3. The van der Waals surface area contributed by atoms with Gasteiger partial charge in [0.1, 0.15) is 5.82 Å². The zero-order chi connectivity index (χ0) is 32.5. The van der Waals surface area contributed by atoms with Crippen molar-refractivity contribution in [2.24, 2.45) is 28.7 Å². The van der Waals surface area contributed by atoms with Crippen LogP contribution in [-0.4, -0.2) is 60.0 Å². The van der Waals surface area contributed by atoms with Crippen molar-refractivity contribution >= 4 is 17.7 Å². The molecule has 0 saturated carbocycles. The summed E-state index contributed by atoms with van der Waals surface area (Å²) >= 11 is 0. The second-order valence-electron chi connectivity index (χ2n) is 11.6. The van der Waals surface area contributed by atoms with Crippen LogP contribution in [0.2, 0.25) is 0 Å². The molecule has 12 heteroatoms. The Labute approximate surface area is 250 Å². The van der Waals surface area contributed by atoms with Gasteiger partial charge in [-0.15, -0.1) is 0 Å². The molecule has 0 heterocycles. The molecule has 3 amide bonds. The Kier molecular flexibility index (Phi) is 12.9. The number of carbonyl (C=O) groups excluding carboxylic acids is 3. The number of aliphatic hydroxyl groups excluding tert-OH is 1. The molecule has 0 fully saturated rings. The fraction of sp³-hybridized carbons (Fsp3) is 0.581. The molecule has 1 aromatic carbocycles. The maximum absolute atomic E-state index is 14.4. The van der Waals surface area contributed by atoms with Crippen LogP contribution in [0.5, 0.6) is 0 Å². The number of halogens is 4. The Balaban J connectivity index is 2.69. The number of rotatable bonds is 16. The van der Waals surface area contributed by atoms with E-state index in [1.54, 1.807) is 4.90 Å². The Morgan fingerprint density at radius 3 is 2.23 bits per heavy atom. The standard InChI is InChI=1S/C31H44F4N4O4/c1-5-9-39(10-6-2)28(42)22-14-21(27(36)41)16-30(17-22,29(37)43)25(26(40)18-38-8-7-19(3)4)13-20-11-23(31(33,34)35)15-24(32)12-20/h11-12,14-16,19,25-26,38,40H,5-10,13,17-18H2,1-4H3,(H2,36,41)(H2,37,43)/t25-,26+,30?/m1/s1. The lowest BCUT2D eigenvalue weighted by Gasteiger charge is -2.42. The molecule has 43 heavy (non-hydrogen) atoms. The Morgan fingerprint density at radius 1 is 1.09 bits per heavy atom. The van der Waals surface area contributed by atoms with Gasteiger partial charge in [0.15, 0.2) is 0 Å². The van der Waals surface area contributed by atoms with Crippen molar-refractivity contribution in [3.63, 3.8) is 0 Å². The number of alkyl halides is 3. The van der Waals surface area contributed by atoms with Crippen LogP contribution in [0, 0.1) is 23.1 Å². The second-order valence-corrected chi connectivity index (χ2v) is 11.6. The van der Waals surface area contributed by atoms with Crippen molar-refractivity contribution in [3.8, 4) is 0 Å². The average Bonchev–Trinajstić information content (AvgIpc) is 2.92. The number of nitrogens with zero attached hydrogens (tertiary/aromatic N) is 1. The molecule has 6 N–H and O–H groups in total. The van der Waals surface area contributed by atoms with Crippen molar-refractivity contribution < 1.29 is 37.1 Å². The van der Waals surface area contributed by atoms with Gasteiger partial charge in [-0.1, -0.05) is 33.8 Å². The SMILES string of the molecule is CCCN(CCC)C(=O)C1=CC(C(N)=O)=CC(C(N)=O)([C@H](Cc2cc(F)cc(C(F)(F)F)c2)[C@@H](O)CNCCC(C)C)C1. The van der Waals surface area contributed by atoms with Crippen LogP contribution >= 0.6 is 0 Å². The number of nitrogens with two attached hydrogens (primary N) is 2. The van der Waals surface area contributed by atoms with E-state index >= 15 is 0 Å². The van der Waals surface area contributed by atoms with Crippen LogP contribution in [0.15, 0.2) is 41.5 Å². The normalized spacial score (nSPS) is 18.6. The number of aliphatic hydroxyl groups is 1. The summed E-state index contributed by atoms with van der Waals surface area (Å²) in [5.41, 5.74) is 8.13. The molecule has 0 spiro atoms. The van der Waals surface area contributed by atoms with E-state index in [9.17, 15) is 37.1 Å². The molecule has 8 nitrogen and oxygen atoms in total. The van der Waals surface area contributed by atoms with E-state index in [1.165, 1.54) is 12.2 Å². The van der Waals surface area contributed by atoms with Crippen LogP contribution in [0.1, 0.15) is 64.5 Å². The first kappa shape index (κ1) is 35.9. The minimum Gasteiger partial charge on any atom is -0.391 e. The summed E-state index contributed by atoms with van der Waals surface area (Å²) in [7, 11) is 0. The number of hydrogen-bond donors (Lipinski definition) is 4. The van der Waals surface area contributed by atoms with Gasteiger partial charge in [-0.25, -0.2) is 4.39 Å². The zero-order valence-electron chi connectivity index (χ0n) is 25.3. The molecule has 1 unspecified atom stereocenters. The van der Waals surface area contributed by atoms with Gasteiger partial charge in [-0.05, 0) is 74.4 Å². The molecule has 2 rings (SSSR count). The molecular formula is C31H44F4N4O4. The summed E-state index contributed by atoms with van der Waals surface area (Å²) in [6.07, 6.45) is -2.48. The quantitative estimate of drug-likeness (QED) is 0.166. The van der Waals surface area contributed by atoms with E-state index in [4.69, 9.17) is 11.5 Å². The maximum atomic E-state index is 14.4. The fourth-order valence-electron chi connectivity index (χ4n) is 5.47. The summed E-state index contributed by atoms with van der Waals surface area (Å²) in [5, 5.41) is 14.6. The molecule has 0 aliphatic heterocycles. The van der Waals surface area contributed by atoms with Crippen molar-refractivity contribution in [2.45, 2.75) is 72.1 Å². The van der Waals surface area contributed by atoms with Gasteiger partial charge in [0.05, 0.1) is 17.1 Å². The molecular weight excluding hydrogens is 568 g/mol. The number of nitrogens with one attached hydrogen (secondary N) is 1. The number of amides is 3. The van der Waals surface area contributed by atoms with Crippen LogP contribution in [0.3, 0.4) is 0 Å². The molecule has 0 radical (unpaired) electrons. The maximum Gasteiger partial charge on any atom is 0.416 e. The van der Waals surface area contributed by atoms with Gasteiger partial charge >= 0.3 is 6.18 Å². The Hall–Kier alpha value is -3.25. The Bertz CT molecular complexity index is 1210. The van der Waals surface area contributed by atoms with Crippen molar-refractivity contribution in [3.05, 3.63) is 58.4 Å². The highest BCUT2D eigenvalue weighted by atomic mass is 19.4. The third kappa shape index (κ3) is 9.62. The lowest BCUT2D eigenvalue weighted by atomic mass is 9.63. The van der Waals surface area contributed by atoms with E-state index in [2.05, 4.69) is 5.32 Å². The predicted octanol–water partition coefficient (Wildman–Crippen LogP) is 3.86. The van der Waals surface area contributed by atoms with Gasteiger partial charge in [0, 0.05) is 36.7 Å². The predicted molar refractivity (Wildman–Crippen MR) is 156 cm³/mol. The van der Waals surface area contributed by atoms with Crippen LogP contribution in [0.4, 0.5) is 17.6 Å². The van der Waals surface area contributed by atoms with Gasteiger partial charge in [-0.3, -0.25) is 14.4 Å². The van der Waals surface area contributed by atoms with Crippen molar-refractivity contribution in [1.82, 2.24) is 10.2 Å². The Morgan fingerprint density at radius 2 is 1.72 bits per heavy atom. The molecule has 3 atom stereocenters. The largest absolute Gasteiger partial charge is 0.416 e. The van der Waals surface area contributed by atoms with E-state index in [0.29, 0.717) is 44.5 Å². The second kappa shape index (κ2) is 15.5. The number of hydrogen-bond acceptors (Lipinski definition) is 5. The molecule has 1 aliphatic carbocycles. The minimum absolute atomic E-state index is 0.0530. The van der Waals surface area contributed by atoms with E-state index in [1.807, 2.05) is 27.7 Å². The fourth-order valence-corrected chi connectivity index (χ4v) is 5.47. The first-order chi connectivity index (χ1) is 20.0. The minimum atomic E-state index is -4.85. The highest BCUT2D eigenvalue weighted by Crippen LogP contribution is 2.45. The molecule has 0 bridgehead atoms. The van der Waals surface area contributed by atoms with Crippen molar-refractivity contribution in [2.75, 3.05) is 26.2 Å². The molecule has 240 valence electrons. The van der Waals surface area contributed by atoms with Crippen LogP contribution in [0.25, 0.3) is 0 Å². The average molecular weight is 613 g/mol. The molecule has 0 aromatic heterocycles. The summed E-state index contributed by atoms with van der Waals surface area (Å²) < 4.78 is 55.0. The van der Waals surface area contributed by atoms with E-state index in [-0.39, 0.29) is 29.7 Å². The number of primary amides is 2. The summed E-state index contributed by atoms with van der Waals surface area (Å²) in [5.74, 6) is -4.49. The van der Waals surface area contributed by atoms with Gasteiger partial charge in [-0.2, -0.15) is 13.2 Å². The first-order valence-electron chi connectivity index (χ1n) is 14.6. The lowest BCUT2D eigenvalue weighted by Crippen LogP contribution is -2.52. The third-order valence-corrected chi connectivity index (χ3v) is 7.64. The van der Waals surface area contributed by atoms with Crippen LogP contribution < -0.4 is 16.8 Å². The van der Waals surface area contributed by atoms with E-state index < -0.39 is 59.1 Å². The monoisotopic (exact) mass is 612 g/mol. The third-order valence-electron chi connectivity index (χ3n) is 7.64. The highest BCUT2D eigenvalue weighted by Gasteiger charge is 2.49. The number of benzene rings is 1. The smallest absolute Gasteiger partial charge is 0.391 e.